The molecule has 9 nitrogen and oxygen atoms in total. The van der Waals surface area contributed by atoms with Crippen LogP contribution in [0.3, 0.4) is 0 Å². The Morgan fingerprint density at radius 1 is 1.05 bits per heavy atom. The molecule has 1 aliphatic heterocycles. The highest BCUT2D eigenvalue weighted by molar-refractivity contribution is 7.92. The zero-order valence-corrected chi connectivity index (χ0v) is 21.6. The van der Waals surface area contributed by atoms with E-state index in [1.165, 1.54) is 42.5 Å². The Morgan fingerprint density at radius 2 is 1.77 bits per heavy atom. The van der Waals surface area contributed by atoms with E-state index in [9.17, 15) is 26.4 Å². The van der Waals surface area contributed by atoms with E-state index in [0.29, 0.717) is 18.8 Å². The molecule has 3 heterocycles. The number of hydrogen-bond donors (Lipinski definition) is 2. The van der Waals surface area contributed by atoms with Gasteiger partial charge in [-0.2, -0.15) is 13.2 Å². The van der Waals surface area contributed by atoms with Crippen LogP contribution in [0, 0.1) is 0 Å². The van der Waals surface area contributed by atoms with Gasteiger partial charge in [-0.15, -0.1) is 6.58 Å². The number of alkyl halides is 3. The summed E-state index contributed by atoms with van der Waals surface area (Å²) in [5.74, 6) is 0.190. The molecular formula is C26H27F3N6O3S. The first-order valence-corrected chi connectivity index (χ1v) is 13.6. The highest BCUT2D eigenvalue weighted by Gasteiger charge is 2.35. The smallest absolute Gasteiger partial charge is 0.354 e. The monoisotopic (exact) mass is 560 g/mol. The van der Waals surface area contributed by atoms with Crippen molar-refractivity contribution in [3.8, 4) is 0 Å². The van der Waals surface area contributed by atoms with Crippen LogP contribution in [0.4, 0.5) is 29.5 Å². The molecule has 2 aromatic heterocycles. The Kier molecular flexibility index (Phi) is 8.51. The number of nitrogens with one attached hydrogen (secondary N) is 2. The summed E-state index contributed by atoms with van der Waals surface area (Å²) in [6.07, 6.45) is 0.0620. The van der Waals surface area contributed by atoms with Crippen LogP contribution in [-0.2, 0) is 22.6 Å². The maximum Gasteiger partial charge on any atom is 0.433 e. The lowest BCUT2D eigenvalue weighted by atomic mass is 10.2. The first-order chi connectivity index (χ1) is 18.6. The predicted octanol–water partition coefficient (Wildman–Crippen LogP) is 3.93. The van der Waals surface area contributed by atoms with Crippen molar-refractivity contribution in [2.75, 3.05) is 36.4 Å². The minimum absolute atomic E-state index is 0.0516. The molecule has 1 aromatic carbocycles. The molecule has 0 radical (unpaired) electrons. The number of benzene rings is 1. The van der Waals surface area contributed by atoms with E-state index >= 15 is 0 Å². The number of anilines is 2. The average Bonchev–Trinajstić information content (AvgIpc) is 2.93. The summed E-state index contributed by atoms with van der Waals surface area (Å²) in [5, 5.41) is 4.32. The molecule has 1 unspecified atom stereocenters. The molecule has 39 heavy (non-hydrogen) atoms. The molecule has 1 aliphatic rings. The largest absolute Gasteiger partial charge is 0.433 e. The van der Waals surface area contributed by atoms with Gasteiger partial charge in [0, 0.05) is 50.8 Å². The summed E-state index contributed by atoms with van der Waals surface area (Å²) in [6, 6.07) is 12.7. The standard InChI is InChI=1S/C26H27F3N6O3S/c1-2-24(35-15-13-34(14-16-35)23-7-3-6-22(33-23)26(27,28)29)39(37,38)21-10-8-20(9-11-21)32-25(36)31-18-19-5-4-12-30-17-19/h2-12,17,24H,1,13-16,18H2,(H2,31,32,36). The SMILES string of the molecule is C=CC(N1CCN(c2cccc(C(F)(F)F)n2)CC1)S(=O)(=O)c1ccc(NC(=O)NCc2cccnc2)cc1. The van der Waals surface area contributed by atoms with Crippen LogP contribution in [0.15, 0.2) is 84.5 Å². The van der Waals surface area contributed by atoms with Crippen molar-refractivity contribution in [1.29, 1.82) is 0 Å². The fourth-order valence-electron chi connectivity index (χ4n) is 4.16. The van der Waals surface area contributed by atoms with Gasteiger partial charge in [0.15, 0.2) is 9.84 Å². The van der Waals surface area contributed by atoms with Gasteiger partial charge >= 0.3 is 12.2 Å². The number of carbonyl (C=O) groups excluding carboxylic acids is 1. The number of carbonyl (C=O) groups is 1. The van der Waals surface area contributed by atoms with E-state index < -0.39 is 33.1 Å². The second-order valence-corrected chi connectivity index (χ2v) is 10.8. The molecule has 0 spiro atoms. The number of urea groups is 1. The normalized spacial score (nSPS) is 15.4. The fraction of sp³-hybridized carbons (Fsp3) is 0.269. The average molecular weight is 561 g/mol. The van der Waals surface area contributed by atoms with Gasteiger partial charge in [-0.3, -0.25) is 9.88 Å². The highest BCUT2D eigenvalue weighted by Crippen LogP contribution is 2.29. The van der Waals surface area contributed by atoms with Crippen LogP contribution >= 0.6 is 0 Å². The fourth-order valence-corrected chi connectivity index (χ4v) is 5.81. The summed E-state index contributed by atoms with van der Waals surface area (Å²) in [5.41, 5.74) is 0.268. The minimum atomic E-state index is -4.55. The molecule has 2 N–H and O–H groups in total. The third-order valence-electron chi connectivity index (χ3n) is 6.16. The van der Waals surface area contributed by atoms with Crippen molar-refractivity contribution < 1.29 is 26.4 Å². The summed E-state index contributed by atoms with van der Waals surface area (Å²) in [4.78, 5) is 23.3. The van der Waals surface area contributed by atoms with Crippen LogP contribution in [0.1, 0.15) is 11.3 Å². The molecule has 0 aliphatic carbocycles. The highest BCUT2D eigenvalue weighted by atomic mass is 32.2. The number of rotatable bonds is 8. The van der Waals surface area contributed by atoms with Crippen LogP contribution in [0.2, 0.25) is 0 Å². The third kappa shape index (κ3) is 6.92. The molecule has 1 atom stereocenters. The summed E-state index contributed by atoms with van der Waals surface area (Å²) < 4.78 is 65.9. The van der Waals surface area contributed by atoms with E-state index in [-0.39, 0.29) is 30.3 Å². The Hall–Kier alpha value is -3.97. The lowest BCUT2D eigenvalue weighted by Gasteiger charge is -2.38. The number of pyridine rings is 2. The predicted molar refractivity (Wildman–Crippen MR) is 141 cm³/mol. The van der Waals surface area contributed by atoms with Crippen molar-refractivity contribution in [3.05, 3.63) is 90.9 Å². The van der Waals surface area contributed by atoms with Gasteiger partial charge in [-0.05, 0) is 48.0 Å². The van der Waals surface area contributed by atoms with Crippen molar-refractivity contribution in [2.45, 2.75) is 23.0 Å². The zero-order chi connectivity index (χ0) is 28.0. The summed E-state index contributed by atoms with van der Waals surface area (Å²) in [7, 11) is -3.86. The second-order valence-electron chi connectivity index (χ2n) is 8.77. The van der Waals surface area contributed by atoms with Gasteiger partial charge in [0.1, 0.15) is 16.9 Å². The van der Waals surface area contributed by atoms with Crippen molar-refractivity contribution >= 4 is 27.4 Å². The van der Waals surface area contributed by atoms with Gasteiger partial charge in [-0.1, -0.05) is 18.2 Å². The van der Waals surface area contributed by atoms with Crippen LogP contribution < -0.4 is 15.5 Å². The Bertz CT molecular complexity index is 1390. The van der Waals surface area contributed by atoms with E-state index in [2.05, 4.69) is 27.2 Å². The van der Waals surface area contributed by atoms with E-state index in [1.807, 2.05) is 6.07 Å². The molecular weight excluding hydrogens is 533 g/mol. The Labute approximate surface area is 224 Å². The number of aromatic nitrogens is 2. The van der Waals surface area contributed by atoms with E-state index in [0.717, 1.165) is 11.6 Å². The zero-order valence-electron chi connectivity index (χ0n) is 20.8. The number of halogens is 3. The summed E-state index contributed by atoms with van der Waals surface area (Å²) in [6.45, 7) is 5.14. The molecule has 4 rings (SSSR count). The topological polar surface area (TPSA) is 108 Å². The van der Waals surface area contributed by atoms with Crippen molar-refractivity contribution in [1.82, 2.24) is 20.2 Å². The molecule has 1 fully saturated rings. The van der Waals surface area contributed by atoms with Gasteiger partial charge in [0.05, 0.1) is 4.90 Å². The first-order valence-electron chi connectivity index (χ1n) is 12.0. The Balaban J connectivity index is 1.36. The molecule has 3 aromatic rings. The number of amides is 2. The molecule has 13 heteroatoms. The molecule has 0 bridgehead atoms. The van der Waals surface area contributed by atoms with Crippen LogP contribution in [0.5, 0.6) is 0 Å². The molecule has 0 saturated carbocycles. The molecule has 1 saturated heterocycles. The van der Waals surface area contributed by atoms with Crippen LogP contribution in [0.25, 0.3) is 0 Å². The number of hydrogen-bond acceptors (Lipinski definition) is 7. The van der Waals surface area contributed by atoms with Gasteiger partial charge in [0.2, 0.25) is 0 Å². The minimum Gasteiger partial charge on any atom is -0.354 e. The number of sulfone groups is 1. The Morgan fingerprint density at radius 3 is 2.38 bits per heavy atom. The molecule has 206 valence electrons. The maximum atomic E-state index is 13.4. The lowest BCUT2D eigenvalue weighted by molar-refractivity contribution is -0.141. The van der Waals surface area contributed by atoms with Gasteiger partial charge < -0.3 is 15.5 Å². The second kappa shape index (κ2) is 11.8. The first kappa shape index (κ1) is 28.0. The lowest BCUT2D eigenvalue weighted by Crippen LogP contribution is -2.52. The maximum absolute atomic E-state index is 13.4. The van der Waals surface area contributed by atoms with Crippen molar-refractivity contribution in [2.24, 2.45) is 0 Å². The third-order valence-corrected chi connectivity index (χ3v) is 8.21. The van der Waals surface area contributed by atoms with E-state index in [1.54, 1.807) is 28.3 Å². The van der Waals surface area contributed by atoms with E-state index in [4.69, 9.17) is 0 Å². The van der Waals surface area contributed by atoms with Crippen LogP contribution in [-0.4, -0.2) is 60.9 Å². The van der Waals surface area contributed by atoms with Gasteiger partial charge in [0.25, 0.3) is 0 Å². The number of nitrogens with zero attached hydrogens (tertiary/aromatic N) is 4. The summed E-state index contributed by atoms with van der Waals surface area (Å²) >= 11 is 0. The van der Waals surface area contributed by atoms with Crippen molar-refractivity contribution in [3.63, 3.8) is 0 Å². The quantitative estimate of drug-likeness (QED) is 0.402. The van der Waals surface area contributed by atoms with Gasteiger partial charge in [-0.25, -0.2) is 18.2 Å². The molecule has 2 amide bonds. The number of piperazine rings is 1.